The van der Waals surface area contributed by atoms with Gasteiger partial charge in [-0.25, -0.2) is 8.78 Å². The fraction of sp³-hybridized carbons (Fsp3) is 0.552. The molecule has 2 fully saturated rings. The van der Waals surface area contributed by atoms with Gasteiger partial charge in [-0.3, -0.25) is 29.4 Å². The molecule has 1 aliphatic carbocycles. The number of nitrogens with one attached hydrogen (secondary N) is 1. The van der Waals surface area contributed by atoms with E-state index in [1.807, 2.05) is 18.3 Å². The maximum atomic E-state index is 14.3. The van der Waals surface area contributed by atoms with E-state index in [1.165, 1.54) is 28.4 Å². The van der Waals surface area contributed by atoms with Crippen molar-refractivity contribution in [2.75, 3.05) is 11.4 Å². The lowest BCUT2D eigenvalue weighted by atomic mass is 9.87. The summed E-state index contributed by atoms with van der Waals surface area (Å²) in [5, 5.41) is 23.3. The minimum atomic E-state index is -2.76. The van der Waals surface area contributed by atoms with Gasteiger partial charge in [0, 0.05) is 43.4 Å². The van der Waals surface area contributed by atoms with Crippen molar-refractivity contribution < 1.29 is 23.5 Å². The number of nitriles is 1. The number of carbonyl (C=O) groups excluding carboxylic acids is 2. The van der Waals surface area contributed by atoms with Gasteiger partial charge in [-0.05, 0) is 42.9 Å². The van der Waals surface area contributed by atoms with Crippen molar-refractivity contribution >= 4 is 17.5 Å². The summed E-state index contributed by atoms with van der Waals surface area (Å²) in [5.74, 6) is -3.91. The Labute approximate surface area is 233 Å². The molecule has 1 aromatic carbocycles. The summed E-state index contributed by atoms with van der Waals surface area (Å²) in [5.41, 5.74) is 0.135. The van der Waals surface area contributed by atoms with Crippen LogP contribution >= 0.6 is 0 Å². The number of carbonyl (C=O) groups is 2. The molecular weight excluding hydrogens is 518 g/mol. The number of benzene rings is 1. The zero-order valence-electron chi connectivity index (χ0n) is 23.3. The number of β-amino-alcohol motifs (C(OH)–C–C–N with tert-alkyl or cyclic N) is 1. The second kappa shape index (κ2) is 11.1. The van der Waals surface area contributed by atoms with Crippen LogP contribution in [0.5, 0.6) is 0 Å². The van der Waals surface area contributed by atoms with E-state index in [2.05, 4.69) is 36.1 Å². The van der Waals surface area contributed by atoms with Crippen LogP contribution < -0.4 is 10.2 Å². The topological polar surface area (TPSA) is 122 Å². The van der Waals surface area contributed by atoms with Crippen LogP contribution in [-0.4, -0.2) is 61.9 Å². The molecule has 2 aromatic rings. The number of nitrogens with zero attached hydrogens (tertiary/aromatic N) is 5. The van der Waals surface area contributed by atoms with E-state index >= 15 is 0 Å². The molecule has 1 aromatic heterocycles. The second-order valence-electron chi connectivity index (χ2n) is 12.1. The highest BCUT2D eigenvalue weighted by Gasteiger charge is 2.47. The zero-order chi connectivity index (χ0) is 29.3. The van der Waals surface area contributed by atoms with Gasteiger partial charge in [-0.15, -0.1) is 0 Å². The molecular formula is C29H36F2N6O3. The van der Waals surface area contributed by atoms with E-state index in [1.54, 1.807) is 19.1 Å². The van der Waals surface area contributed by atoms with Gasteiger partial charge < -0.3 is 10.4 Å². The van der Waals surface area contributed by atoms with Gasteiger partial charge in [-0.1, -0.05) is 32.9 Å². The Kier molecular flexibility index (Phi) is 8.13. The van der Waals surface area contributed by atoms with Crippen LogP contribution in [0.4, 0.5) is 14.5 Å². The number of aliphatic hydroxyl groups is 1. The lowest BCUT2D eigenvalue weighted by Crippen LogP contribution is -2.52. The predicted molar refractivity (Wildman–Crippen MR) is 144 cm³/mol. The second-order valence-corrected chi connectivity index (χ2v) is 12.1. The Bertz CT molecular complexity index is 1250. The third kappa shape index (κ3) is 6.55. The van der Waals surface area contributed by atoms with Gasteiger partial charge in [0.25, 0.3) is 5.91 Å². The molecule has 11 heteroatoms. The normalized spacial score (nSPS) is 23.8. The van der Waals surface area contributed by atoms with Crippen LogP contribution in [0.2, 0.25) is 0 Å². The average molecular weight is 555 g/mol. The number of rotatable bonds is 6. The molecule has 0 spiro atoms. The van der Waals surface area contributed by atoms with Crippen LogP contribution in [-0.2, 0) is 15.0 Å². The number of alkyl halides is 2. The lowest BCUT2D eigenvalue weighted by molar-refractivity contribution is -0.129. The minimum absolute atomic E-state index is 0.0114. The molecule has 9 nitrogen and oxygen atoms in total. The first-order chi connectivity index (χ1) is 18.7. The molecule has 40 heavy (non-hydrogen) atoms. The van der Waals surface area contributed by atoms with Gasteiger partial charge in [-0.2, -0.15) is 5.26 Å². The average Bonchev–Trinajstić information content (AvgIpc) is 3.22. The highest BCUT2D eigenvalue weighted by Crippen LogP contribution is 2.36. The number of halogens is 2. The molecule has 1 saturated carbocycles. The van der Waals surface area contributed by atoms with Crippen molar-refractivity contribution in [3.63, 3.8) is 0 Å². The summed E-state index contributed by atoms with van der Waals surface area (Å²) in [6.07, 6.45) is 5.76. The SMILES string of the molecule is CC(C)(C)c1ccc(N(C(=O)[C@H]2C[C@@](C)(O)CN2C#N)C(C(=O)NC2CCC(F)(F)CC2)c2cnccn2)cc1. The number of hydrogen-bond donors (Lipinski definition) is 2. The minimum Gasteiger partial charge on any atom is -0.388 e. The van der Waals surface area contributed by atoms with Crippen LogP contribution in [0.1, 0.15) is 77.1 Å². The highest BCUT2D eigenvalue weighted by molar-refractivity contribution is 6.04. The Morgan fingerprint density at radius 3 is 2.40 bits per heavy atom. The van der Waals surface area contributed by atoms with Crippen LogP contribution in [0.3, 0.4) is 0 Å². The molecule has 2 amide bonds. The van der Waals surface area contributed by atoms with Crippen molar-refractivity contribution in [2.24, 2.45) is 0 Å². The number of aromatic nitrogens is 2. The van der Waals surface area contributed by atoms with Crippen LogP contribution in [0, 0.1) is 11.5 Å². The van der Waals surface area contributed by atoms with Gasteiger partial charge in [0.1, 0.15) is 6.04 Å². The summed E-state index contributed by atoms with van der Waals surface area (Å²) in [6.45, 7) is 7.69. The first-order valence-electron chi connectivity index (χ1n) is 13.5. The maximum absolute atomic E-state index is 14.3. The van der Waals surface area contributed by atoms with E-state index in [9.17, 15) is 28.7 Å². The number of hydrogen-bond acceptors (Lipinski definition) is 7. The molecule has 214 valence electrons. The van der Waals surface area contributed by atoms with Gasteiger partial charge in [0.05, 0.1) is 24.0 Å². The van der Waals surface area contributed by atoms with Crippen molar-refractivity contribution in [3.8, 4) is 6.19 Å². The molecule has 0 radical (unpaired) electrons. The van der Waals surface area contributed by atoms with Crippen molar-refractivity contribution in [1.29, 1.82) is 5.26 Å². The standard InChI is InChI=1S/C29H36F2N6O3/c1-27(2,3)19-5-7-21(8-6-19)37(26(39)23-15-28(4,40)17-36(23)18-32)24(22-16-33-13-14-34-22)25(38)35-20-9-11-29(30,31)12-10-20/h5-8,13-14,16,20,23-24,40H,9-12,15,17H2,1-4H3,(H,35,38)/t23-,24?,28-/m1/s1. The lowest BCUT2D eigenvalue weighted by Gasteiger charge is -2.35. The highest BCUT2D eigenvalue weighted by atomic mass is 19.3. The van der Waals surface area contributed by atoms with Crippen LogP contribution in [0.25, 0.3) is 0 Å². The molecule has 3 atom stereocenters. The zero-order valence-corrected chi connectivity index (χ0v) is 23.3. The predicted octanol–water partition coefficient (Wildman–Crippen LogP) is 3.85. The first-order valence-corrected chi connectivity index (χ1v) is 13.5. The van der Waals surface area contributed by atoms with Gasteiger partial charge >= 0.3 is 0 Å². The molecule has 1 unspecified atom stereocenters. The smallest absolute Gasteiger partial charge is 0.251 e. The van der Waals surface area contributed by atoms with Crippen molar-refractivity contribution in [2.45, 2.75) is 94.9 Å². The summed E-state index contributed by atoms with van der Waals surface area (Å²) < 4.78 is 27.6. The summed E-state index contributed by atoms with van der Waals surface area (Å²) in [7, 11) is 0. The Balaban J connectivity index is 1.77. The van der Waals surface area contributed by atoms with Crippen molar-refractivity contribution in [3.05, 3.63) is 54.1 Å². The van der Waals surface area contributed by atoms with E-state index in [0.717, 1.165) is 5.56 Å². The quantitative estimate of drug-likeness (QED) is 0.520. The van der Waals surface area contributed by atoms with E-state index in [0.29, 0.717) is 5.69 Å². The molecule has 4 rings (SSSR count). The third-order valence-electron chi connectivity index (χ3n) is 7.62. The summed E-state index contributed by atoms with van der Waals surface area (Å²) in [6, 6.07) is 4.40. The largest absolute Gasteiger partial charge is 0.388 e. The Morgan fingerprint density at radius 2 is 1.85 bits per heavy atom. The summed E-state index contributed by atoms with van der Waals surface area (Å²) in [4.78, 5) is 39.1. The molecule has 2 heterocycles. The molecule has 2 aliphatic rings. The molecule has 2 N–H and O–H groups in total. The fourth-order valence-corrected chi connectivity index (χ4v) is 5.38. The van der Waals surface area contributed by atoms with Gasteiger partial charge in [0.15, 0.2) is 12.2 Å². The third-order valence-corrected chi connectivity index (χ3v) is 7.62. The maximum Gasteiger partial charge on any atom is 0.251 e. The monoisotopic (exact) mass is 554 g/mol. The van der Waals surface area contributed by atoms with E-state index in [-0.39, 0.29) is 49.8 Å². The molecule has 0 bridgehead atoms. The fourth-order valence-electron chi connectivity index (χ4n) is 5.38. The number of amides is 2. The molecule has 1 aliphatic heterocycles. The summed E-state index contributed by atoms with van der Waals surface area (Å²) >= 11 is 0. The number of anilines is 1. The van der Waals surface area contributed by atoms with Crippen molar-refractivity contribution in [1.82, 2.24) is 20.2 Å². The van der Waals surface area contributed by atoms with Crippen LogP contribution in [0.15, 0.2) is 42.9 Å². The number of likely N-dealkylation sites (tertiary alicyclic amines) is 1. The Morgan fingerprint density at radius 1 is 1.20 bits per heavy atom. The van der Waals surface area contributed by atoms with Gasteiger partial charge in [0.2, 0.25) is 11.8 Å². The Hall–Kier alpha value is -3.65. The van der Waals surface area contributed by atoms with E-state index < -0.39 is 41.5 Å². The first kappa shape index (κ1) is 29.3. The molecule has 1 saturated heterocycles. The van der Waals surface area contributed by atoms with E-state index in [4.69, 9.17) is 0 Å².